The van der Waals surface area contributed by atoms with Crippen LogP contribution in [0.2, 0.25) is 0 Å². The summed E-state index contributed by atoms with van der Waals surface area (Å²) < 4.78 is 0. The van der Waals surface area contributed by atoms with Crippen molar-refractivity contribution in [2.24, 2.45) is 0 Å². The minimum Gasteiger partial charge on any atom is -0.126 e. The Morgan fingerprint density at radius 3 is 0.322 bits per heavy atom. The van der Waals surface area contributed by atoms with Crippen LogP contribution in [0.3, 0.4) is 0 Å². The number of hydrogen-bond donors (Lipinski definition) is 0. The molecular weight excluding hydrogens is 1310 g/mol. The van der Waals surface area contributed by atoms with Crippen molar-refractivity contribution in [1.82, 2.24) is 0 Å². The van der Waals surface area contributed by atoms with Gasteiger partial charge in [0.25, 0.3) is 0 Å². The third-order valence-corrected chi connectivity index (χ3v) is 24.8. The molecule has 0 N–H and O–H groups in total. The van der Waals surface area contributed by atoms with E-state index in [4.69, 9.17) is 0 Å². The quantitative estimate of drug-likeness (QED) is 0.155. The average molecular weight is 1430 g/mol. The summed E-state index contributed by atoms with van der Waals surface area (Å²) in [6.07, 6.45) is 0. The van der Waals surface area contributed by atoms with E-state index in [1.165, 1.54) is 266 Å². The Morgan fingerprint density at radius 1 is 0.111 bits per heavy atom. The maximum atomic E-state index is 2.42. The molecule has 0 aromatic heterocycles. The summed E-state index contributed by atoms with van der Waals surface area (Å²) in [5.74, 6) is 0. The van der Waals surface area contributed by atoms with Gasteiger partial charge in [-0.1, -0.05) is 47.2 Å². The molecule has 0 aliphatic carbocycles. The molecule has 3 radical (unpaired) electrons. The van der Waals surface area contributed by atoms with E-state index >= 15 is 0 Å². The van der Waals surface area contributed by atoms with E-state index in [0.717, 1.165) is 0 Å². The molecule has 90 heavy (non-hydrogen) atoms. The van der Waals surface area contributed by atoms with Crippen LogP contribution in [-0.4, -0.2) is 0 Å². The van der Waals surface area contributed by atoms with Gasteiger partial charge in [0, 0.05) is 98.1 Å². The molecule has 0 bridgehead atoms. The molecule has 0 saturated heterocycles. The average Bonchev–Trinajstić information content (AvgIpc) is 1.57. The fourth-order valence-corrected chi connectivity index (χ4v) is 15.1. The van der Waals surface area contributed by atoms with E-state index in [1.54, 1.807) is 0 Å². The molecular formula is C87H115Y3-. The van der Waals surface area contributed by atoms with Gasteiger partial charge in [-0.3, -0.25) is 0 Å². The van der Waals surface area contributed by atoms with Gasteiger partial charge < -0.3 is 0 Å². The van der Waals surface area contributed by atoms with Crippen LogP contribution in [0.5, 0.6) is 0 Å². The van der Waals surface area contributed by atoms with Crippen molar-refractivity contribution in [3.05, 3.63) is 217 Å². The summed E-state index contributed by atoms with van der Waals surface area (Å²) >= 11 is 0. The second-order valence-electron chi connectivity index (χ2n) is 27.7. The van der Waals surface area contributed by atoms with Gasteiger partial charge in [-0.25, -0.2) is 0 Å². The van der Waals surface area contributed by atoms with Crippen LogP contribution in [0.15, 0.2) is 6.07 Å². The first kappa shape index (κ1) is 81.2. The van der Waals surface area contributed by atoms with Crippen LogP contribution in [-0.2, 0) is 98.1 Å². The Labute approximate surface area is 626 Å². The maximum Gasteiger partial charge on any atom is 0 e. The monoisotopic (exact) mass is 1430 g/mol. The van der Waals surface area contributed by atoms with Crippen LogP contribution in [0.1, 0.15) is 211 Å². The molecule has 0 amide bonds. The van der Waals surface area contributed by atoms with Crippen molar-refractivity contribution in [1.29, 1.82) is 0 Å². The maximum absolute atomic E-state index is 2.42. The fourth-order valence-electron chi connectivity index (χ4n) is 15.1. The van der Waals surface area contributed by atoms with E-state index in [9.17, 15) is 0 Å². The first-order valence-corrected chi connectivity index (χ1v) is 32.6. The number of fused-ring (bicyclic) bond motifs is 3. The first-order chi connectivity index (χ1) is 40.1. The van der Waals surface area contributed by atoms with Crippen LogP contribution in [0.4, 0.5) is 0 Å². The molecule has 9 aromatic carbocycles. The molecule has 9 aromatic rings. The third kappa shape index (κ3) is 13.7. The summed E-state index contributed by atoms with van der Waals surface area (Å²) in [5, 5.41) is 5.85. The Morgan fingerprint density at radius 2 is 0.200 bits per heavy atom. The van der Waals surface area contributed by atoms with Crippen LogP contribution in [0.25, 0.3) is 54.9 Å². The van der Waals surface area contributed by atoms with Gasteiger partial charge in [0.05, 0.1) is 0 Å². The Kier molecular flexibility index (Phi) is 27.8. The largest absolute Gasteiger partial charge is 0.126 e. The zero-order valence-corrected chi connectivity index (χ0v) is 72.8. The van der Waals surface area contributed by atoms with Crippen molar-refractivity contribution in [2.45, 2.75) is 263 Å². The van der Waals surface area contributed by atoms with Gasteiger partial charge in [0.2, 0.25) is 0 Å². The molecule has 0 unspecified atom stereocenters. The van der Waals surface area contributed by atoms with Gasteiger partial charge in [-0.05, 0) is 450 Å². The van der Waals surface area contributed by atoms with Crippen LogP contribution in [0, 0.1) is 263 Å². The predicted octanol–water partition coefficient (Wildman–Crippen LogP) is 25.5. The smallest absolute Gasteiger partial charge is 0 e. The zero-order valence-electron chi connectivity index (χ0n) is 64.3. The number of benzene rings is 8. The number of aryl methyl sites for hydroxylation is 4. The Hall–Kier alpha value is -3.06. The van der Waals surface area contributed by atoms with Crippen molar-refractivity contribution >= 4 is 21.5 Å². The fraction of sp³-hybridized carbons (Fsp3) is 0.437. The van der Waals surface area contributed by atoms with Crippen molar-refractivity contribution in [3.63, 3.8) is 0 Å². The molecule has 473 valence electrons. The molecule has 3 heteroatoms. The van der Waals surface area contributed by atoms with Gasteiger partial charge >= 0.3 is 0 Å². The molecule has 0 aliphatic rings. The molecule has 0 spiro atoms. The Balaban J connectivity index is 0.000000310. The minimum atomic E-state index is 0. The van der Waals surface area contributed by atoms with E-state index < -0.39 is 0 Å². The molecule has 9 rings (SSSR count). The van der Waals surface area contributed by atoms with Gasteiger partial charge in [-0.2, -0.15) is 0 Å². The predicted molar refractivity (Wildman–Crippen MR) is 393 cm³/mol. The second-order valence-corrected chi connectivity index (χ2v) is 27.7. The Bertz CT molecular complexity index is 3590. The summed E-state index contributed by atoms with van der Waals surface area (Å²) in [7, 11) is 0. The van der Waals surface area contributed by atoms with Crippen molar-refractivity contribution in [3.8, 4) is 33.4 Å². The van der Waals surface area contributed by atoms with Crippen LogP contribution >= 0.6 is 0 Å². The summed E-state index contributed by atoms with van der Waals surface area (Å²) in [5.41, 5.74) is 63.5. The molecule has 0 saturated carbocycles. The topological polar surface area (TPSA) is 0 Å². The van der Waals surface area contributed by atoms with E-state index in [-0.39, 0.29) is 98.1 Å². The minimum absolute atomic E-state index is 0. The van der Waals surface area contributed by atoms with E-state index in [2.05, 4.69) is 269 Å². The summed E-state index contributed by atoms with van der Waals surface area (Å²) in [6.45, 7) is 86.2. The molecule has 0 heterocycles. The van der Waals surface area contributed by atoms with Gasteiger partial charge in [0.1, 0.15) is 0 Å². The van der Waals surface area contributed by atoms with E-state index in [0.29, 0.717) is 0 Å². The summed E-state index contributed by atoms with van der Waals surface area (Å²) in [4.78, 5) is 0. The van der Waals surface area contributed by atoms with Crippen molar-refractivity contribution < 1.29 is 98.1 Å². The van der Waals surface area contributed by atoms with Crippen molar-refractivity contribution in [2.75, 3.05) is 0 Å². The SMILES string of the molecule is Cc1c(C)c(C)c(-c2c(C)c(C)c(C)c(C)c2C)c(C)c1C.Cc1c(C)c(C)c(-c2c(C)c(C)c(C)c(C)c2C)c(C)c1C.Cc1c(C)c(C)c(-c2c(C)c(C)c(C)c(C)c2C)c(C)c1C.Cc1c(C)c(C)c2c([cH-]c3c(C)c(C)c(C)c(C)c32)c1C.[Y].[Y].[Y]. The number of rotatable bonds is 3. The van der Waals surface area contributed by atoms with Gasteiger partial charge in [0.15, 0.2) is 0 Å². The zero-order chi connectivity index (χ0) is 66.4. The van der Waals surface area contributed by atoms with Gasteiger partial charge in [-0.15, -0.1) is 38.7 Å². The third-order valence-electron chi connectivity index (χ3n) is 24.8. The van der Waals surface area contributed by atoms with Crippen LogP contribution < -0.4 is 0 Å². The standard InChI is InChI=1S/3C22H30.C21H25.3Y/c3*1-11-13(3)17(7)21(18(8)14(11)4)22-19(9)15(5)12(2)16(6)20(22)10;1-10-12(3)16(7)20-18(14(10)5)9-19-15(6)11(2)13(4)17(8)21(19)20;;;/h3*1-10H3;9H,1-8H3;;;/q;;;-1;;;. The first-order valence-electron chi connectivity index (χ1n) is 32.6. The molecule has 0 atom stereocenters. The summed E-state index contributed by atoms with van der Waals surface area (Å²) in [6, 6.07) is 2.42. The molecule has 0 aliphatic heterocycles. The molecule has 0 fully saturated rings. The normalized spacial score (nSPS) is 11.0. The van der Waals surface area contributed by atoms with E-state index in [1.807, 2.05) is 0 Å². The number of hydrogen-bond acceptors (Lipinski definition) is 0. The second kappa shape index (κ2) is 30.8. The molecule has 0 nitrogen and oxygen atoms in total.